The standard InChI is InChI=1S/C10H20/c1-4-10-6-8(2)5-9(3)7-10/h8-10H,4-7H2,1-3H3/t8-,9-/m1/s1. The van der Waals surface area contributed by atoms with Gasteiger partial charge >= 0.3 is 0 Å². The molecule has 0 heteroatoms. The van der Waals surface area contributed by atoms with Crippen LogP contribution in [0.2, 0.25) is 0 Å². The van der Waals surface area contributed by atoms with Gasteiger partial charge in [0.2, 0.25) is 0 Å². The second-order valence-electron chi connectivity index (χ2n) is 4.19. The molecule has 0 nitrogen and oxygen atoms in total. The molecule has 0 aromatic carbocycles. The van der Waals surface area contributed by atoms with E-state index < -0.39 is 0 Å². The van der Waals surface area contributed by atoms with Crippen LogP contribution in [0, 0.1) is 17.8 Å². The molecule has 0 amide bonds. The topological polar surface area (TPSA) is 0 Å². The Labute approximate surface area is 65.0 Å². The van der Waals surface area contributed by atoms with Crippen molar-refractivity contribution in [3.63, 3.8) is 0 Å². The van der Waals surface area contributed by atoms with Crippen molar-refractivity contribution >= 4 is 0 Å². The normalized spacial score (nSPS) is 41.7. The third-order valence-corrected chi connectivity index (χ3v) is 2.85. The minimum atomic E-state index is 0.994. The van der Waals surface area contributed by atoms with Gasteiger partial charge in [-0.1, -0.05) is 27.2 Å². The van der Waals surface area contributed by atoms with Crippen molar-refractivity contribution < 1.29 is 0 Å². The van der Waals surface area contributed by atoms with Crippen LogP contribution in [-0.4, -0.2) is 0 Å². The SMILES string of the molecule is CCC1C[C@H](C)C[C@@H](C)C1. The van der Waals surface area contributed by atoms with Gasteiger partial charge in [-0.25, -0.2) is 0 Å². The molecular weight excluding hydrogens is 120 g/mol. The second kappa shape index (κ2) is 3.41. The summed E-state index contributed by atoms with van der Waals surface area (Å²) in [5.74, 6) is 3.03. The first-order valence-corrected chi connectivity index (χ1v) is 4.72. The summed E-state index contributed by atoms with van der Waals surface area (Å²) in [5, 5.41) is 0. The Morgan fingerprint density at radius 1 is 1.00 bits per heavy atom. The van der Waals surface area contributed by atoms with E-state index in [0.717, 1.165) is 17.8 Å². The summed E-state index contributed by atoms with van der Waals surface area (Å²) in [6, 6.07) is 0. The van der Waals surface area contributed by atoms with Crippen molar-refractivity contribution in [1.82, 2.24) is 0 Å². The first-order chi connectivity index (χ1) is 4.72. The van der Waals surface area contributed by atoms with E-state index in [0.29, 0.717) is 0 Å². The van der Waals surface area contributed by atoms with Crippen LogP contribution in [0.3, 0.4) is 0 Å². The third-order valence-electron chi connectivity index (χ3n) is 2.85. The highest BCUT2D eigenvalue weighted by molar-refractivity contribution is 4.73. The predicted molar refractivity (Wildman–Crippen MR) is 46.0 cm³/mol. The maximum atomic E-state index is 2.40. The van der Waals surface area contributed by atoms with Gasteiger partial charge in [0, 0.05) is 0 Å². The molecule has 0 aromatic heterocycles. The molecular formula is C10H20. The molecule has 0 N–H and O–H groups in total. The van der Waals surface area contributed by atoms with E-state index in [2.05, 4.69) is 20.8 Å². The number of hydrogen-bond donors (Lipinski definition) is 0. The molecule has 1 saturated carbocycles. The van der Waals surface area contributed by atoms with Gasteiger partial charge in [0.05, 0.1) is 0 Å². The lowest BCUT2D eigenvalue weighted by Crippen LogP contribution is -2.18. The van der Waals surface area contributed by atoms with E-state index in [-0.39, 0.29) is 0 Å². The largest absolute Gasteiger partial charge is 0.0651 e. The summed E-state index contributed by atoms with van der Waals surface area (Å²) >= 11 is 0. The summed E-state index contributed by atoms with van der Waals surface area (Å²) in [5.41, 5.74) is 0. The van der Waals surface area contributed by atoms with Crippen LogP contribution in [0.1, 0.15) is 46.5 Å². The highest BCUT2D eigenvalue weighted by atomic mass is 14.3. The second-order valence-corrected chi connectivity index (χ2v) is 4.19. The van der Waals surface area contributed by atoms with Gasteiger partial charge in [-0.3, -0.25) is 0 Å². The molecule has 0 aromatic rings. The van der Waals surface area contributed by atoms with E-state index in [1.807, 2.05) is 0 Å². The molecule has 0 saturated heterocycles. The fraction of sp³-hybridized carbons (Fsp3) is 1.00. The van der Waals surface area contributed by atoms with Crippen LogP contribution < -0.4 is 0 Å². The number of hydrogen-bond acceptors (Lipinski definition) is 0. The van der Waals surface area contributed by atoms with Gasteiger partial charge in [0.15, 0.2) is 0 Å². The maximum absolute atomic E-state index is 2.40. The van der Waals surface area contributed by atoms with Crippen molar-refractivity contribution in [2.24, 2.45) is 17.8 Å². The summed E-state index contributed by atoms with van der Waals surface area (Å²) in [6.07, 6.45) is 5.84. The molecule has 1 fully saturated rings. The highest BCUT2D eigenvalue weighted by Crippen LogP contribution is 2.34. The minimum absolute atomic E-state index is 0.994. The van der Waals surface area contributed by atoms with Crippen LogP contribution in [0.25, 0.3) is 0 Å². The summed E-state index contributed by atoms with van der Waals surface area (Å²) in [7, 11) is 0. The van der Waals surface area contributed by atoms with Gasteiger partial charge < -0.3 is 0 Å². The van der Waals surface area contributed by atoms with Crippen molar-refractivity contribution in [1.29, 1.82) is 0 Å². The zero-order valence-electron chi connectivity index (χ0n) is 7.56. The molecule has 0 aliphatic heterocycles. The van der Waals surface area contributed by atoms with Crippen LogP contribution in [0.5, 0.6) is 0 Å². The Kier molecular flexibility index (Phi) is 2.76. The van der Waals surface area contributed by atoms with Crippen molar-refractivity contribution in [3.05, 3.63) is 0 Å². The zero-order chi connectivity index (χ0) is 7.56. The Bertz CT molecular complexity index is 86.2. The van der Waals surface area contributed by atoms with Gasteiger partial charge in [-0.05, 0) is 37.0 Å². The molecule has 0 spiro atoms. The first kappa shape index (κ1) is 8.10. The minimum Gasteiger partial charge on any atom is -0.0651 e. The zero-order valence-corrected chi connectivity index (χ0v) is 7.56. The lowest BCUT2D eigenvalue weighted by Gasteiger charge is -2.30. The fourth-order valence-corrected chi connectivity index (χ4v) is 2.45. The van der Waals surface area contributed by atoms with Crippen LogP contribution in [0.15, 0.2) is 0 Å². The summed E-state index contributed by atoms with van der Waals surface area (Å²) in [6.45, 7) is 7.13. The summed E-state index contributed by atoms with van der Waals surface area (Å²) in [4.78, 5) is 0. The van der Waals surface area contributed by atoms with Gasteiger partial charge in [0.1, 0.15) is 0 Å². The molecule has 1 rings (SSSR count). The van der Waals surface area contributed by atoms with E-state index in [9.17, 15) is 0 Å². The van der Waals surface area contributed by atoms with E-state index in [1.54, 1.807) is 0 Å². The molecule has 0 bridgehead atoms. The Morgan fingerprint density at radius 2 is 1.50 bits per heavy atom. The number of rotatable bonds is 1. The smallest absolute Gasteiger partial charge is 0.0412 e. The van der Waals surface area contributed by atoms with Crippen molar-refractivity contribution in [2.45, 2.75) is 46.5 Å². The maximum Gasteiger partial charge on any atom is -0.0412 e. The average molecular weight is 140 g/mol. The predicted octanol–water partition coefficient (Wildman–Crippen LogP) is 3.47. The molecule has 0 heterocycles. The van der Waals surface area contributed by atoms with Gasteiger partial charge in [-0.15, -0.1) is 0 Å². The monoisotopic (exact) mass is 140 g/mol. The Morgan fingerprint density at radius 3 is 1.90 bits per heavy atom. The highest BCUT2D eigenvalue weighted by Gasteiger charge is 2.21. The van der Waals surface area contributed by atoms with Crippen LogP contribution in [0.4, 0.5) is 0 Å². The van der Waals surface area contributed by atoms with Crippen molar-refractivity contribution in [3.8, 4) is 0 Å². The van der Waals surface area contributed by atoms with Crippen LogP contribution >= 0.6 is 0 Å². The Balaban J connectivity index is 2.35. The van der Waals surface area contributed by atoms with E-state index >= 15 is 0 Å². The van der Waals surface area contributed by atoms with E-state index in [1.165, 1.54) is 25.7 Å². The van der Waals surface area contributed by atoms with Gasteiger partial charge in [0.25, 0.3) is 0 Å². The Hall–Kier alpha value is 0. The first-order valence-electron chi connectivity index (χ1n) is 4.72. The third kappa shape index (κ3) is 2.00. The van der Waals surface area contributed by atoms with Crippen LogP contribution in [-0.2, 0) is 0 Å². The molecule has 2 atom stereocenters. The molecule has 0 radical (unpaired) electrons. The molecule has 60 valence electrons. The van der Waals surface area contributed by atoms with Gasteiger partial charge in [-0.2, -0.15) is 0 Å². The lowest BCUT2D eigenvalue weighted by molar-refractivity contribution is 0.215. The average Bonchev–Trinajstić information content (AvgIpc) is 1.85. The molecule has 0 unspecified atom stereocenters. The quantitative estimate of drug-likeness (QED) is 0.523. The summed E-state index contributed by atoms with van der Waals surface area (Å²) < 4.78 is 0. The van der Waals surface area contributed by atoms with E-state index in [4.69, 9.17) is 0 Å². The lowest BCUT2D eigenvalue weighted by atomic mass is 9.76. The fourth-order valence-electron chi connectivity index (χ4n) is 2.45. The molecule has 10 heavy (non-hydrogen) atoms. The molecule has 1 aliphatic rings. The van der Waals surface area contributed by atoms with Crippen molar-refractivity contribution in [2.75, 3.05) is 0 Å². The molecule has 1 aliphatic carbocycles.